The molecule has 2 aromatic rings. The molecule has 0 unspecified atom stereocenters. The predicted molar refractivity (Wildman–Crippen MR) is 98.4 cm³/mol. The van der Waals surface area contributed by atoms with E-state index in [9.17, 15) is 9.59 Å². The molecule has 0 radical (unpaired) electrons. The fourth-order valence-corrected chi connectivity index (χ4v) is 2.52. The van der Waals surface area contributed by atoms with Gasteiger partial charge in [-0.15, -0.1) is 0 Å². The van der Waals surface area contributed by atoms with Crippen molar-refractivity contribution in [1.82, 2.24) is 4.90 Å². The van der Waals surface area contributed by atoms with Gasteiger partial charge in [0, 0.05) is 12.6 Å². The van der Waals surface area contributed by atoms with E-state index >= 15 is 0 Å². The SMILES string of the molecule is COc1ccccc1NC(=O)CC(=O)N(Cc1ccccc1)C(C)C. The first-order chi connectivity index (χ1) is 12.0. The van der Waals surface area contributed by atoms with Crippen molar-refractivity contribution in [2.45, 2.75) is 32.9 Å². The summed E-state index contributed by atoms with van der Waals surface area (Å²) in [5, 5.41) is 2.74. The summed E-state index contributed by atoms with van der Waals surface area (Å²) in [5.41, 5.74) is 1.59. The minimum absolute atomic E-state index is 0.00627. The molecule has 0 saturated heterocycles. The summed E-state index contributed by atoms with van der Waals surface area (Å²) in [5.74, 6) is 0.00719. The minimum Gasteiger partial charge on any atom is -0.495 e. The lowest BCUT2D eigenvalue weighted by atomic mass is 10.1. The number of nitrogens with one attached hydrogen (secondary N) is 1. The van der Waals surface area contributed by atoms with Crippen molar-refractivity contribution >= 4 is 17.5 Å². The zero-order valence-electron chi connectivity index (χ0n) is 14.9. The van der Waals surface area contributed by atoms with Gasteiger partial charge in [0.1, 0.15) is 12.2 Å². The van der Waals surface area contributed by atoms with Crippen LogP contribution < -0.4 is 10.1 Å². The molecule has 0 spiro atoms. The number of para-hydroxylation sites is 2. The molecule has 0 aliphatic carbocycles. The Bertz CT molecular complexity index is 714. The molecule has 0 bridgehead atoms. The molecule has 0 saturated carbocycles. The van der Waals surface area contributed by atoms with E-state index in [2.05, 4.69) is 5.32 Å². The van der Waals surface area contributed by atoms with Gasteiger partial charge in [0.2, 0.25) is 11.8 Å². The normalized spacial score (nSPS) is 10.4. The molecule has 1 N–H and O–H groups in total. The summed E-state index contributed by atoms with van der Waals surface area (Å²) in [4.78, 5) is 26.5. The van der Waals surface area contributed by atoms with E-state index in [0.717, 1.165) is 5.56 Å². The first-order valence-electron chi connectivity index (χ1n) is 8.27. The molecule has 0 atom stereocenters. The van der Waals surface area contributed by atoms with Crippen molar-refractivity contribution in [1.29, 1.82) is 0 Å². The number of benzene rings is 2. The van der Waals surface area contributed by atoms with Gasteiger partial charge >= 0.3 is 0 Å². The van der Waals surface area contributed by atoms with Crippen LogP contribution in [0.3, 0.4) is 0 Å². The van der Waals surface area contributed by atoms with Gasteiger partial charge in [-0.2, -0.15) is 0 Å². The van der Waals surface area contributed by atoms with Crippen LogP contribution in [-0.4, -0.2) is 29.9 Å². The monoisotopic (exact) mass is 340 g/mol. The summed E-state index contributed by atoms with van der Waals surface area (Å²) < 4.78 is 5.21. The van der Waals surface area contributed by atoms with Gasteiger partial charge in [0.05, 0.1) is 12.8 Å². The Labute approximate surface area is 148 Å². The Hall–Kier alpha value is -2.82. The summed E-state index contributed by atoms with van der Waals surface area (Å²) in [6.07, 6.45) is -0.205. The molecule has 0 aliphatic rings. The molecule has 0 heterocycles. The van der Waals surface area contributed by atoms with E-state index in [0.29, 0.717) is 18.0 Å². The van der Waals surface area contributed by atoms with E-state index in [1.165, 1.54) is 7.11 Å². The predicted octanol–water partition coefficient (Wildman–Crippen LogP) is 3.46. The van der Waals surface area contributed by atoms with Crippen LogP contribution in [-0.2, 0) is 16.1 Å². The van der Waals surface area contributed by atoms with Crippen LogP contribution >= 0.6 is 0 Å². The molecular weight excluding hydrogens is 316 g/mol. The second-order valence-electron chi connectivity index (χ2n) is 6.03. The molecule has 0 aliphatic heterocycles. The third-order valence-corrected chi connectivity index (χ3v) is 3.83. The van der Waals surface area contributed by atoms with Crippen molar-refractivity contribution in [3.05, 3.63) is 60.2 Å². The second-order valence-corrected chi connectivity index (χ2v) is 6.03. The van der Waals surface area contributed by atoms with Gasteiger partial charge in [-0.1, -0.05) is 42.5 Å². The summed E-state index contributed by atoms with van der Waals surface area (Å²) in [6, 6.07) is 16.9. The van der Waals surface area contributed by atoms with Crippen LogP contribution in [0.4, 0.5) is 5.69 Å². The van der Waals surface area contributed by atoms with Gasteiger partial charge in [-0.3, -0.25) is 9.59 Å². The van der Waals surface area contributed by atoms with Gasteiger partial charge in [0.25, 0.3) is 0 Å². The van der Waals surface area contributed by atoms with E-state index < -0.39 is 0 Å². The second kappa shape index (κ2) is 8.87. The zero-order chi connectivity index (χ0) is 18.2. The van der Waals surface area contributed by atoms with Crippen molar-refractivity contribution in [3.63, 3.8) is 0 Å². The topological polar surface area (TPSA) is 58.6 Å². The number of carbonyl (C=O) groups is 2. The number of carbonyl (C=O) groups excluding carboxylic acids is 2. The smallest absolute Gasteiger partial charge is 0.233 e. The highest BCUT2D eigenvalue weighted by atomic mass is 16.5. The lowest BCUT2D eigenvalue weighted by Gasteiger charge is -2.27. The molecule has 0 aromatic heterocycles. The minimum atomic E-state index is -0.354. The first-order valence-corrected chi connectivity index (χ1v) is 8.27. The Kier molecular flexibility index (Phi) is 6.57. The number of amides is 2. The number of methoxy groups -OCH3 is 1. The van der Waals surface area contributed by atoms with E-state index in [1.807, 2.05) is 50.2 Å². The fraction of sp³-hybridized carbons (Fsp3) is 0.300. The van der Waals surface area contributed by atoms with Gasteiger partial charge in [0.15, 0.2) is 0 Å². The number of hydrogen-bond donors (Lipinski definition) is 1. The maximum atomic E-state index is 12.6. The molecule has 5 heteroatoms. The summed E-state index contributed by atoms with van der Waals surface area (Å²) >= 11 is 0. The molecule has 5 nitrogen and oxygen atoms in total. The van der Waals surface area contributed by atoms with Crippen LogP contribution in [0.25, 0.3) is 0 Å². The fourth-order valence-electron chi connectivity index (χ4n) is 2.52. The quantitative estimate of drug-likeness (QED) is 0.785. The average Bonchev–Trinajstić information content (AvgIpc) is 2.60. The van der Waals surface area contributed by atoms with Crippen LogP contribution in [0, 0.1) is 0 Å². The van der Waals surface area contributed by atoms with E-state index in [4.69, 9.17) is 4.74 Å². The number of nitrogens with zero attached hydrogens (tertiary/aromatic N) is 1. The molecule has 25 heavy (non-hydrogen) atoms. The lowest BCUT2D eigenvalue weighted by Crippen LogP contribution is -2.38. The van der Waals surface area contributed by atoms with Crippen LogP contribution in [0.5, 0.6) is 5.75 Å². The number of hydrogen-bond acceptors (Lipinski definition) is 3. The Balaban J connectivity index is 2.01. The largest absolute Gasteiger partial charge is 0.495 e. The first kappa shape index (κ1) is 18.5. The van der Waals surface area contributed by atoms with Crippen LogP contribution in [0.1, 0.15) is 25.8 Å². The van der Waals surface area contributed by atoms with Crippen molar-refractivity contribution in [2.75, 3.05) is 12.4 Å². The molecular formula is C20H24N2O3. The standard InChI is InChI=1S/C20H24N2O3/c1-15(2)22(14-16-9-5-4-6-10-16)20(24)13-19(23)21-17-11-7-8-12-18(17)25-3/h4-12,15H,13-14H2,1-3H3,(H,21,23). The van der Waals surface area contributed by atoms with Gasteiger partial charge < -0.3 is 15.0 Å². The van der Waals surface area contributed by atoms with Crippen molar-refractivity contribution < 1.29 is 14.3 Å². The third kappa shape index (κ3) is 5.35. The zero-order valence-corrected chi connectivity index (χ0v) is 14.9. The lowest BCUT2D eigenvalue weighted by molar-refractivity contribution is -0.136. The Morgan fingerprint density at radius 3 is 2.32 bits per heavy atom. The van der Waals surface area contributed by atoms with Crippen molar-refractivity contribution in [3.8, 4) is 5.75 Å². The van der Waals surface area contributed by atoms with Crippen LogP contribution in [0.15, 0.2) is 54.6 Å². The summed E-state index contributed by atoms with van der Waals surface area (Å²) in [7, 11) is 1.54. The highest BCUT2D eigenvalue weighted by molar-refractivity contribution is 6.04. The van der Waals surface area contributed by atoms with Gasteiger partial charge in [-0.05, 0) is 31.5 Å². The van der Waals surface area contributed by atoms with E-state index in [-0.39, 0.29) is 24.3 Å². The van der Waals surface area contributed by atoms with E-state index in [1.54, 1.807) is 23.1 Å². The highest BCUT2D eigenvalue weighted by Crippen LogP contribution is 2.23. The molecule has 0 fully saturated rings. The number of anilines is 1. The maximum Gasteiger partial charge on any atom is 0.233 e. The van der Waals surface area contributed by atoms with Gasteiger partial charge in [-0.25, -0.2) is 0 Å². The maximum absolute atomic E-state index is 12.6. The van der Waals surface area contributed by atoms with Crippen LogP contribution in [0.2, 0.25) is 0 Å². The molecule has 132 valence electrons. The number of ether oxygens (including phenoxy) is 1. The molecule has 2 rings (SSSR count). The third-order valence-electron chi connectivity index (χ3n) is 3.83. The molecule has 2 amide bonds. The number of rotatable bonds is 7. The molecule has 2 aromatic carbocycles. The summed E-state index contributed by atoms with van der Waals surface area (Å²) in [6.45, 7) is 4.37. The van der Waals surface area contributed by atoms with Crippen molar-refractivity contribution in [2.24, 2.45) is 0 Å². The average molecular weight is 340 g/mol. The Morgan fingerprint density at radius 2 is 1.68 bits per heavy atom. The Morgan fingerprint density at radius 1 is 1.04 bits per heavy atom. The highest BCUT2D eigenvalue weighted by Gasteiger charge is 2.20.